The number of rotatable bonds is 5. The van der Waals surface area contributed by atoms with Gasteiger partial charge in [0.25, 0.3) is 5.91 Å². The van der Waals surface area contributed by atoms with Crippen molar-refractivity contribution in [2.45, 2.75) is 0 Å². The van der Waals surface area contributed by atoms with Crippen molar-refractivity contribution in [1.29, 1.82) is 0 Å². The molecule has 3 aromatic rings. The fourth-order valence-electron chi connectivity index (χ4n) is 1.92. The lowest BCUT2D eigenvalue weighted by molar-refractivity contribution is -0.119. The Balaban J connectivity index is 1.53. The van der Waals surface area contributed by atoms with Crippen LogP contribution in [0, 0.1) is 0 Å². The summed E-state index contributed by atoms with van der Waals surface area (Å²) in [6.45, 7) is 0.0749. The Bertz CT molecular complexity index is 877. The van der Waals surface area contributed by atoms with Crippen molar-refractivity contribution in [1.82, 2.24) is 10.4 Å². The fourth-order valence-corrected chi connectivity index (χ4v) is 3.24. The Morgan fingerprint density at radius 2 is 2.08 bits per heavy atom. The highest BCUT2D eigenvalue weighted by Crippen LogP contribution is 2.25. The first-order valence-electron chi connectivity index (χ1n) is 6.98. The summed E-state index contributed by atoms with van der Waals surface area (Å²) in [4.78, 5) is 16.2. The Hall–Kier alpha value is -2.15. The summed E-state index contributed by atoms with van der Waals surface area (Å²) >= 11 is 13.3. The maximum atomic E-state index is 11.8. The lowest BCUT2D eigenvalue weighted by atomic mass is 10.2. The minimum absolute atomic E-state index is 0.0749. The molecule has 1 amide bonds. The molecule has 0 radical (unpaired) electrons. The molecular formula is C16H12Cl2N4OS. The molecule has 0 aliphatic rings. The van der Waals surface area contributed by atoms with Gasteiger partial charge in [0.05, 0.1) is 28.0 Å². The van der Waals surface area contributed by atoms with E-state index in [1.54, 1.807) is 18.2 Å². The predicted molar refractivity (Wildman–Crippen MR) is 100 cm³/mol. The Kier molecular flexibility index (Phi) is 5.30. The average Bonchev–Trinajstić information content (AvgIpc) is 2.98. The number of nitrogens with one attached hydrogen (secondary N) is 2. The molecule has 0 fully saturated rings. The normalized spacial score (nSPS) is 11.1. The smallest absolute Gasteiger partial charge is 0.259 e. The van der Waals surface area contributed by atoms with Crippen LogP contribution in [0.2, 0.25) is 10.0 Å². The number of para-hydroxylation sites is 1. The number of hydrazone groups is 1. The number of carbonyl (C=O) groups is 1. The van der Waals surface area contributed by atoms with Crippen LogP contribution in [0.1, 0.15) is 5.56 Å². The molecule has 5 nitrogen and oxygen atoms in total. The first-order valence-corrected chi connectivity index (χ1v) is 8.55. The number of hydrogen-bond donors (Lipinski definition) is 2. The molecule has 0 aliphatic heterocycles. The van der Waals surface area contributed by atoms with Gasteiger partial charge >= 0.3 is 0 Å². The molecule has 0 saturated heterocycles. The van der Waals surface area contributed by atoms with Gasteiger partial charge < -0.3 is 5.32 Å². The van der Waals surface area contributed by atoms with Crippen LogP contribution in [0.15, 0.2) is 47.6 Å². The number of halogens is 2. The SMILES string of the molecule is O=C(CNc1nc2ccccc2s1)N/N=C\c1ccc(Cl)cc1Cl. The molecule has 0 atom stereocenters. The third-order valence-electron chi connectivity index (χ3n) is 3.05. The van der Waals surface area contributed by atoms with E-state index in [0.29, 0.717) is 20.7 Å². The first-order chi connectivity index (χ1) is 11.6. The number of anilines is 1. The van der Waals surface area contributed by atoms with Crippen molar-refractivity contribution < 1.29 is 4.79 Å². The van der Waals surface area contributed by atoms with E-state index in [-0.39, 0.29) is 12.5 Å². The zero-order chi connectivity index (χ0) is 16.9. The molecule has 3 rings (SSSR count). The van der Waals surface area contributed by atoms with Gasteiger partial charge in [0, 0.05) is 10.6 Å². The molecule has 2 aromatic carbocycles. The lowest BCUT2D eigenvalue weighted by Gasteiger charge is -2.01. The van der Waals surface area contributed by atoms with Crippen LogP contribution in [-0.2, 0) is 4.79 Å². The molecule has 0 saturated carbocycles. The highest BCUT2D eigenvalue weighted by Gasteiger charge is 2.05. The number of benzene rings is 2. The van der Waals surface area contributed by atoms with Gasteiger partial charge in [-0.25, -0.2) is 10.4 Å². The van der Waals surface area contributed by atoms with Gasteiger partial charge in [-0.1, -0.05) is 52.7 Å². The van der Waals surface area contributed by atoms with Gasteiger partial charge in [-0.15, -0.1) is 0 Å². The van der Waals surface area contributed by atoms with Gasteiger partial charge in [0.2, 0.25) is 0 Å². The third kappa shape index (κ3) is 4.23. The van der Waals surface area contributed by atoms with Crippen molar-refractivity contribution in [2.75, 3.05) is 11.9 Å². The number of carbonyl (C=O) groups excluding carboxylic acids is 1. The molecule has 0 spiro atoms. The van der Waals surface area contributed by atoms with E-state index in [1.165, 1.54) is 17.6 Å². The second-order valence-corrected chi connectivity index (χ2v) is 6.67. The van der Waals surface area contributed by atoms with E-state index in [1.807, 2.05) is 24.3 Å². The summed E-state index contributed by atoms with van der Waals surface area (Å²) < 4.78 is 1.07. The molecule has 1 heterocycles. The minimum atomic E-state index is -0.282. The summed E-state index contributed by atoms with van der Waals surface area (Å²) in [6.07, 6.45) is 1.47. The molecular weight excluding hydrogens is 367 g/mol. The Labute approximate surface area is 152 Å². The van der Waals surface area contributed by atoms with Crippen LogP contribution in [0.25, 0.3) is 10.2 Å². The predicted octanol–water partition coefficient (Wildman–Crippen LogP) is 4.17. The van der Waals surface area contributed by atoms with Crippen molar-refractivity contribution in [3.8, 4) is 0 Å². The van der Waals surface area contributed by atoms with Crippen molar-refractivity contribution in [3.63, 3.8) is 0 Å². The van der Waals surface area contributed by atoms with Crippen molar-refractivity contribution in [2.24, 2.45) is 5.10 Å². The van der Waals surface area contributed by atoms with Gasteiger partial charge in [-0.3, -0.25) is 4.79 Å². The molecule has 1 aromatic heterocycles. The van der Waals surface area contributed by atoms with E-state index < -0.39 is 0 Å². The summed E-state index contributed by atoms with van der Waals surface area (Å²) in [6, 6.07) is 12.8. The summed E-state index contributed by atoms with van der Waals surface area (Å²) in [5.41, 5.74) is 4.00. The van der Waals surface area contributed by atoms with Crippen LogP contribution in [-0.4, -0.2) is 23.7 Å². The summed E-state index contributed by atoms with van der Waals surface area (Å²) in [5, 5.41) is 8.56. The Morgan fingerprint density at radius 3 is 2.88 bits per heavy atom. The number of nitrogens with zero attached hydrogens (tertiary/aromatic N) is 2. The minimum Gasteiger partial charge on any atom is -0.352 e. The molecule has 122 valence electrons. The second-order valence-electron chi connectivity index (χ2n) is 4.80. The van der Waals surface area contributed by atoms with Crippen LogP contribution in [0.4, 0.5) is 5.13 Å². The lowest BCUT2D eigenvalue weighted by Crippen LogP contribution is -2.25. The molecule has 8 heteroatoms. The number of thiazole rings is 1. The largest absolute Gasteiger partial charge is 0.352 e. The van der Waals surface area contributed by atoms with Crippen LogP contribution < -0.4 is 10.7 Å². The van der Waals surface area contributed by atoms with Crippen molar-refractivity contribution in [3.05, 3.63) is 58.1 Å². The average molecular weight is 379 g/mol. The Morgan fingerprint density at radius 1 is 1.25 bits per heavy atom. The van der Waals surface area contributed by atoms with Crippen LogP contribution in [0.3, 0.4) is 0 Å². The highest BCUT2D eigenvalue weighted by atomic mass is 35.5. The standard InChI is InChI=1S/C16H12Cl2N4OS/c17-11-6-5-10(12(18)7-11)8-20-22-15(23)9-19-16-21-13-3-1-2-4-14(13)24-16/h1-8H,9H2,(H,19,21)(H,22,23)/b20-8-. The molecule has 0 aliphatic carbocycles. The van der Waals surface area contributed by atoms with Gasteiger partial charge in [0.15, 0.2) is 5.13 Å². The van der Waals surface area contributed by atoms with E-state index in [4.69, 9.17) is 23.2 Å². The zero-order valence-corrected chi connectivity index (χ0v) is 14.6. The quantitative estimate of drug-likeness (QED) is 0.517. The topological polar surface area (TPSA) is 66.4 Å². The third-order valence-corrected chi connectivity index (χ3v) is 4.61. The summed E-state index contributed by atoms with van der Waals surface area (Å²) in [5.74, 6) is -0.282. The number of amides is 1. The van der Waals surface area contributed by atoms with Crippen molar-refractivity contribution >= 4 is 62.0 Å². The zero-order valence-electron chi connectivity index (χ0n) is 12.3. The molecule has 0 unspecified atom stereocenters. The maximum absolute atomic E-state index is 11.8. The van der Waals surface area contributed by atoms with Crippen LogP contribution in [0.5, 0.6) is 0 Å². The number of aromatic nitrogens is 1. The van der Waals surface area contributed by atoms with E-state index >= 15 is 0 Å². The number of hydrogen-bond acceptors (Lipinski definition) is 5. The second kappa shape index (κ2) is 7.61. The monoisotopic (exact) mass is 378 g/mol. The van der Waals surface area contributed by atoms with Crippen LogP contribution >= 0.6 is 34.5 Å². The summed E-state index contributed by atoms with van der Waals surface area (Å²) in [7, 11) is 0. The van der Waals surface area contributed by atoms with E-state index in [9.17, 15) is 4.79 Å². The van der Waals surface area contributed by atoms with Gasteiger partial charge in [-0.05, 0) is 24.3 Å². The first kappa shape index (κ1) is 16.7. The van der Waals surface area contributed by atoms with Gasteiger partial charge in [0.1, 0.15) is 0 Å². The van der Waals surface area contributed by atoms with E-state index in [2.05, 4.69) is 20.8 Å². The molecule has 24 heavy (non-hydrogen) atoms. The molecule has 0 bridgehead atoms. The fraction of sp³-hybridized carbons (Fsp3) is 0.0625. The maximum Gasteiger partial charge on any atom is 0.259 e. The van der Waals surface area contributed by atoms with E-state index in [0.717, 1.165) is 10.2 Å². The van der Waals surface area contributed by atoms with Gasteiger partial charge in [-0.2, -0.15) is 5.10 Å². The number of fused-ring (bicyclic) bond motifs is 1. The molecule has 2 N–H and O–H groups in total. The highest BCUT2D eigenvalue weighted by molar-refractivity contribution is 7.22.